The van der Waals surface area contributed by atoms with Crippen LogP contribution in [0.4, 0.5) is 0 Å². The van der Waals surface area contributed by atoms with Gasteiger partial charge in [-0.2, -0.15) is 0 Å². The van der Waals surface area contributed by atoms with Crippen molar-refractivity contribution in [1.29, 1.82) is 0 Å². The van der Waals surface area contributed by atoms with Gasteiger partial charge in [0, 0.05) is 0 Å². The van der Waals surface area contributed by atoms with Crippen molar-refractivity contribution in [2.24, 2.45) is 11.7 Å². The fourth-order valence-corrected chi connectivity index (χ4v) is 2.39. The van der Waals surface area contributed by atoms with Gasteiger partial charge in [0.15, 0.2) is 0 Å². The standard InChI is InChI=1S/C14H19NO2.ClH/c1-10(2)17-13(16)14(8-12(14)9-15)11-6-4-3-5-7-11;/h3-7,10,12H,8-9,15H2,1-2H3;1H. The van der Waals surface area contributed by atoms with Gasteiger partial charge < -0.3 is 10.5 Å². The second-order valence-corrected chi connectivity index (χ2v) is 4.93. The predicted octanol–water partition coefficient (Wildman–Crippen LogP) is 2.28. The van der Waals surface area contributed by atoms with Gasteiger partial charge in [0.05, 0.1) is 11.5 Å². The van der Waals surface area contributed by atoms with E-state index in [-0.39, 0.29) is 30.4 Å². The normalized spacial score (nSPS) is 25.4. The predicted molar refractivity (Wildman–Crippen MR) is 73.8 cm³/mol. The van der Waals surface area contributed by atoms with E-state index in [2.05, 4.69) is 0 Å². The molecule has 1 fully saturated rings. The second-order valence-electron chi connectivity index (χ2n) is 4.93. The van der Waals surface area contributed by atoms with Gasteiger partial charge in [0.1, 0.15) is 0 Å². The number of ether oxygens (including phenoxy) is 1. The summed E-state index contributed by atoms with van der Waals surface area (Å²) in [7, 11) is 0. The third-order valence-corrected chi connectivity index (χ3v) is 3.39. The maximum atomic E-state index is 12.2. The highest BCUT2D eigenvalue weighted by Gasteiger charge is 2.61. The Bertz CT molecular complexity index is 408. The van der Waals surface area contributed by atoms with Crippen molar-refractivity contribution in [2.75, 3.05) is 6.54 Å². The van der Waals surface area contributed by atoms with Gasteiger partial charge in [-0.15, -0.1) is 12.4 Å². The summed E-state index contributed by atoms with van der Waals surface area (Å²) in [5.74, 6) is 0.0882. The van der Waals surface area contributed by atoms with Crippen molar-refractivity contribution in [3.8, 4) is 0 Å². The van der Waals surface area contributed by atoms with E-state index in [0.29, 0.717) is 6.54 Å². The van der Waals surface area contributed by atoms with E-state index >= 15 is 0 Å². The van der Waals surface area contributed by atoms with Gasteiger partial charge in [-0.25, -0.2) is 0 Å². The molecule has 4 heteroatoms. The lowest BCUT2D eigenvalue weighted by Crippen LogP contribution is -2.29. The number of hydrogen-bond donors (Lipinski definition) is 1. The van der Waals surface area contributed by atoms with Crippen molar-refractivity contribution in [1.82, 2.24) is 0 Å². The highest BCUT2D eigenvalue weighted by atomic mass is 35.5. The van der Waals surface area contributed by atoms with Gasteiger partial charge in [0.2, 0.25) is 0 Å². The maximum absolute atomic E-state index is 12.2. The molecule has 1 aliphatic rings. The summed E-state index contributed by atoms with van der Waals surface area (Å²) in [5, 5.41) is 0. The van der Waals surface area contributed by atoms with Gasteiger partial charge in [0.25, 0.3) is 0 Å². The SMILES string of the molecule is CC(C)OC(=O)C1(c2ccccc2)CC1CN.Cl. The molecule has 2 unspecified atom stereocenters. The monoisotopic (exact) mass is 269 g/mol. The van der Waals surface area contributed by atoms with Crippen molar-refractivity contribution in [3.63, 3.8) is 0 Å². The molecule has 0 heterocycles. The van der Waals surface area contributed by atoms with Crippen LogP contribution in [0, 0.1) is 5.92 Å². The fraction of sp³-hybridized carbons (Fsp3) is 0.500. The first-order chi connectivity index (χ1) is 8.11. The Kier molecular flexibility index (Phi) is 4.77. The highest BCUT2D eigenvalue weighted by molar-refractivity contribution is 5.87. The molecular formula is C14H20ClNO2. The first-order valence-corrected chi connectivity index (χ1v) is 6.08. The number of rotatable bonds is 4. The molecule has 0 amide bonds. The topological polar surface area (TPSA) is 52.3 Å². The van der Waals surface area contributed by atoms with Crippen LogP contribution in [-0.2, 0) is 14.9 Å². The minimum atomic E-state index is -0.486. The molecule has 0 aromatic heterocycles. The largest absolute Gasteiger partial charge is 0.462 e. The molecule has 0 bridgehead atoms. The number of hydrogen-bond acceptors (Lipinski definition) is 3. The molecule has 18 heavy (non-hydrogen) atoms. The van der Waals surface area contributed by atoms with E-state index in [1.807, 2.05) is 44.2 Å². The lowest BCUT2D eigenvalue weighted by Gasteiger charge is -2.18. The number of carbonyl (C=O) groups is 1. The molecule has 3 nitrogen and oxygen atoms in total. The maximum Gasteiger partial charge on any atom is 0.317 e. The van der Waals surface area contributed by atoms with Crippen LogP contribution in [0.15, 0.2) is 30.3 Å². The number of nitrogens with two attached hydrogens (primary N) is 1. The third-order valence-electron chi connectivity index (χ3n) is 3.39. The molecule has 1 saturated carbocycles. The first kappa shape index (κ1) is 15.0. The van der Waals surface area contributed by atoms with Crippen LogP contribution in [0.25, 0.3) is 0 Å². The van der Waals surface area contributed by atoms with E-state index in [9.17, 15) is 4.79 Å². The number of benzene rings is 1. The molecular weight excluding hydrogens is 250 g/mol. The molecule has 0 aliphatic heterocycles. The average molecular weight is 270 g/mol. The van der Waals surface area contributed by atoms with Crippen LogP contribution < -0.4 is 5.73 Å². The van der Waals surface area contributed by atoms with E-state index in [0.717, 1.165) is 12.0 Å². The lowest BCUT2D eigenvalue weighted by atomic mass is 9.93. The molecule has 2 N–H and O–H groups in total. The molecule has 0 saturated heterocycles. The van der Waals surface area contributed by atoms with Gasteiger partial charge >= 0.3 is 5.97 Å². The van der Waals surface area contributed by atoms with Crippen molar-refractivity contribution in [2.45, 2.75) is 31.8 Å². The molecule has 2 atom stereocenters. The Morgan fingerprint density at radius 2 is 2.06 bits per heavy atom. The summed E-state index contributed by atoms with van der Waals surface area (Å²) in [6, 6.07) is 9.82. The van der Waals surface area contributed by atoms with E-state index < -0.39 is 5.41 Å². The zero-order chi connectivity index (χ0) is 12.5. The number of esters is 1. The van der Waals surface area contributed by atoms with Crippen LogP contribution in [0.2, 0.25) is 0 Å². The molecule has 0 radical (unpaired) electrons. The van der Waals surface area contributed by atoms with E-state index in [1.54, 1.807) is 0 Å². The summed E-state index contributed by atoms with van der Waals surface area (Å²) in [5.41, 5.74) is 6.25. The fourth-order valence-electron chi connectivity index (χ4n) is 2.39. The molecule has 0 spiro atoms. The zero-order valence-electron chi connectivity index (χ0n) is 10.8. The van der Waals surface area contributed by atoms with Gasteiger partial charge in [-0.05, 0) is 38.3 Å². The smallest absolute Gasteiger partial charge is 0.317 e. The van der Waals surface area contributed by atoms with Crippen LogP contribution in [0.1, 0.15) is 25.8 Å². The Balaban J connectivity index is 0.00000162. The quantitative estimate of drug-likeness (QED) is 0.853. The molecule has 1 aromatic carbocycles. The van der Waals surface area contributed by atoms with Crippen LogP contribution >= 0.6 is 12.4 Å². The van der Waals surface area contributed by atoms with Crippen LogP contribution in [-0.4, -0.2) is 18.6 Å². The average Bonchev–Trinajstić information content (AvgIpc) is 3.05. The molecule has 2 rings (SSSR count). The Morgan fingerprint density at radius 3 is 2.50 bits per heavy atom. The Labute approximate surface area is 114 Å². The van der Waals surface area contributed by atoms with Crippen molar-refractivity contribution in [3.05, 3.63) is 35.9 Å². The minimum absolute atomic E-state index is 0. The zero-order valence-corrected chi connectivity index (χ0v) is 11.6. The highest BCUT2D eigenvalue weighted by Crippen LogP contribution is 2.54. The van der Waals surface area contributed by atoms with E-state index in [1.165, 1.54) is 0 Å². The van der Waals surface area contributed by atoms with Crippen LogP contribution in [0.3, 0.4) is 0 Å². The van der Waals surface area contributed by atoms with Gasteiger partial charge in [-0.3, -0.25) is 4.79 Å². The van der Waals surface area contributed by atoms with Crippen LogP contribution in [0.5, 0.6) is 0 Å². The summed E-state index contributed by atoms with van der Waals surface area (Å²) < 4.78 is 5.37. The lowest BCUT2D eigenvalue weighted by molar-refractivity contribution is -0.151. The Hall–Kier alpha value is -1.06. The first-order valence-electron chi connectivity index (χ1n) is 6.08. The van der Waals surface area contributed by atoms with Crippen molar-refractivity contribution >= 4 is 18.4 Å². The number of halogens is 1. The summed E-state index contributed by atoms with van der Waals surface area (Å²) in [4.78, 5) is 12.2. The molecule has 100 valence electrons. The van der Waals surface area contributed by atoms with Crippen molar-refractivity contribution < 1.29 is 9.53 Å². The second kappa shape index (κ2) is 5.72. The third kappa shape index (κ3) is 2.52. The summed E-state index contributed by atoms with van der Waals surface area (Å²) in [6.07, 6.45) is 0.723. The summed E-state index contributed by atoms with van der Waals surface area (Å²) >= 11 is 0. The van der Waals surface area contributed by atoms with Gasteiger partial charge in [-0.1, -0.05) is 30.3 Å². The summed E-state index contributed by atoms with van der Waals surface area (Å²) in [6.45, 7) is 4.27. The minimum Gasteiger partial charge on any atom is -0.462 e. The Morgan fingerprint density at radius 1 is 1.44 bits per heavy atom. The molecule has 1 aromatic rings. The number of carbonyl (C=O) groups excluding carboxylic acids is 1. The van der Waals surface area contributed by atoms with E-state index in [4.69, 9.17) is 10.5 Å². The molecule has 1 aliphatic carbocycles.